The Balaban J connectivity index is 1.87. The van der Waals surface area contributed by atoms with E-state index in [1.807, 2.05) is 0 Å². The van der Waals surface area contributed by atoms with Gasteiger partial charge in [-0.1, -0.05) is 26.2 Å². The van der Waals surface area contributed by atoms with Crippen LogP contribution in [-0.4, -0.2) is 47.8 Å². The highest BCUT2D eigenvalue weighted by Crippen LogP contribution is 2.33. The second-order valence-electron chi connectivity index (χ2n) is 6.57. The molecule has 0 aromatic carbocycles. The molecule has 3 heteroatoms. The molecule has 2 fully saturated rings. The lowest BCUT2D eigenvalue weighted by Crippen LogP contribution is -2.48. The molecule has 1 aliphatic heterocycles. The van der Waals surface area contributed by atoms with Crippen LogP contribution in [0.15, 0.2) is 0 Å². The molecule has 0 aromatic heterocycles. The quantitative estimate of drug-likeness (QED) is 0.804. The van der Waals surface area contributed by atoms with E-state index in [1.54, 1.807) is 0 Å². The van der Waals surface area contributed by atoms with Crippen molar-refractivity contribution in [1.29, 1.82) is 0 Å². The zero-order chi connectivity index (χ0) is 13.6. The molecule has 2 aliphatic rings. The topological polar surface area (TPSA) is 35.5 Å². The summed E-state index contributed by atoms with van der Waals surface area (Å²) in [5, 5.41) is 13.4. The maximum Gasteiger partial charge on any atom is 0.0613 e. The Morgan fingerprint density at radius 1 is 1.16 bits per heavy atom. The molecule has 2 N–H and O–H groups in total. The molecule has 1 heterocycles. The highest BCUT2D eigenvalue weighted by molar-refractivity contribution is 4.99. The molecule has 1 saturated carbocycles. The maximum atomic E-state index is 9.78. The normalized spacial score (nSPS) is 34.1. The zero-order valence-corrected chi connectivity index (χ0v) is 12.7. The summed E-state index contributed by atoms with van der Waals surface area (Å²) in [5.74, 6) is 0. The van der Waals surface area contributed by atoms with Gasteiger partial charge in [0, 0.05) is 11.6 Å². The molecule has 1 saturated heterocycles. The summed E-state index contributed by atoms with van der Waals surface area (Å²) in [6.45, 7) is 6.09. The second kappa shape index (κ2) is 7.61. The summed E-state index contributed by atoms with van der Waals surface area (Å²) < 4.78 is 0. The molecule has 2 rings (SSSR count). The predicted molar refractivity (Wildman–Crippen MR) is 80.4 cm³/mol. The van der Waals surface area contributed by atoms with Crippen molar-refractivity contribution < 1.29 is 5.11 Å². The Morgan fingerprint density at radius 2 is 1.84 bits per heavy atom. The number of hydrogen-bond acceptors (Lipinski definition) is 3. The largest absolute Gasteiger partial charge is 0.394 e. The molecule has 3 nitrogen and oxygen atoms in total. The number of rotatable bonds is 5. The van der Waals surface area contributed by atoms with Crippen molar-refractivity contribution in [2.24, 2.45) is 0 Å². The molecule has 0 bridgehead atoms. The van der Waals surface area contributed by atoms with E-state index < -0.39 is 0 Å². The third-order valence-corrected chi connectivity index (χ3v) is 5.04. The third-order valence-electron chi connectivity index (χ3n) is 5.04. The first-order valence-corrected chi connectivity index (χ1v) is 8.39. The number of nitrogens with zero attached hydrogens (tertiary/aromatic N) is 1. The van der Waals surface area contributed by atoms with E-state index in [0.29, 0.717) is 12.6 Å². The first kappa shape index (κ1) is 15.3. The minimum absolute atomic E-state index is 0.0169. The Hall–Kier alpha value is -0.120. The summed E-state index contributed by atoms with van der Waals surface area (Å²) >= 11 is 0. The number of nitrogens with one attached hydrogen (secondary N) is 1. The van der Waals surface area contributed by atoms with Crippen molar-refractivity contribution in [3.05, 3.63) is 0 Å². The third kappa shape index (κ3) is 4.17. The van der Waals surface area contributed by atoms with Gasteiger partial charge in [-0.15, -0.1) is 0 Å². The molecule has 2 atom stereocenters. The van der Waals surface area contributed by atoms with Crippen LogP contribution in [0.4, 0.5) is 0 Å². The van der Waals surface area contributed by atoms with Gasteiger partial charge in [-0.25, -0.2) is 0 Å². The summed E-state index contributed by atoms with van der Waals surface area (Å²) in [7, 11) is 0. The van der Waals surface area contributed by atoms with Gasteiger partial charge in [0.1, 0.15) is 0 Å². The minimum Gasteiger partial charge on any atom is -0.394 e. The monoisotopic (exact) mass is 268 g/mol. The molecule has 0 radical (unpaired) electrons. The van der Waals surface area contributed by atoms with Gasteiger partial charge in [-0.3, -0.25) is 0 Å². The molecule has 112 valence electrons. The summed E-state index contributed by atoms with van der Waals surface area (Å²) in [6.07, 6.45) is 11.7. The van der Waals surface area contributed by atoms with Gasteiger partial charge in [0.2, 0.25) is 0 Å². The fraction of sp³-hybridized carbons (Fsp3) is 1.00. The van der Waals surface area contributed by atoms with Crippen LogP contribution in [0, 0.1) is 0 Å². The molecular formula is C16H32N2O. The van der Waals surface area contributed by atoms with Gasteiger partial charge in [0.05, 0.1) is 6.61 Å². The van der Waals surface area contributed by atoms with Gasteiger partial charge in [0.15, 0.2) is 0 Å². The van der Waals surface area contributed by atoms with Gasteiger partial charge in [-0.2, -0.15) is 0 Å². The van der Waals surface area contributed by atoms with Crippen LogP contribution in [0.2, 0.25) is 0 Å². The van der Waals surface area contributed by atoms with Gasteiger partial charge in [0.25, 0.3) is 0 Å². The Bertz CT molecular complexity index is 251. The first-order valence-electron chi connectivity index (χ1n) is 8.39. The predicted octanol–water partition coefficient (Wildman–Crippen LogP) is 2.54. The second-order valence-corrected chi connectivity index (χ2v) is 6.57. The Morgan fingerprint density at radius 3 is 2.47 bits per heavy atom. The molecular weight excluding hydrogens is 236 g/mol. The van der Waals surface area contributed by atoms with Crippen LogP contribution in [0.5, 0.6) is 0 Å². The van der Waals surface area contributed by atoms with Crippen molar-refractivity contribution in [1.82, 2.24) is 10.2 Å². The fourth-order valence-electron chi connectivity index (χ4n) is 3.80. The van der Waals surface area contributed by atoms with Crippen LogP contribution >= 0.6 is 0 Å². The van der Waals surface area contributed by atoms with E-state index in [2.05, 4.69) is 17.1 Å². The van der Waals surface area contributed by atoms with Crippen LogP contribution in [-0.2, 0) is 0 Å². The Labute approximate surface area is 118 Å². The van der Waals surface area contributed by atoms with Crippen LogP contribution < -0.4 is 5.32 Å². The molecule has 0 amide bonds. The first-order chi connectivity index (χ1) is 9.29. The van der Waals surface area contributed by atoms with E-state index in [0.717, 1.165) is 25.8 Å². The van der Waals surface area contributed by atoms with Crippen molar-refractivity contribution in [3.63, 3.8) is 0 Å². The zero-order valence-electron chi connectivity index (χ0n) is 12.7. The van der Waals surface area contributed by atoms with Gasteiger partial charge < -0.3 is 15.3 Å². The van der Waals surface area contributed by atoms with Gasteiger partial charge >= 0.3 is 0 Å². The highest BCUT2D eigenvalue weighted by atomic mass is 16.3. The smallest absolute Gasteiger partial charge is 0.0613 e. The lowest BCUT2D eigenvalue weighted by Gasteiger charge is -2.33. The van der Waals surface area contributed by atoms with E-state index in [-0.39, 0.29) is 5.54 Å². The molecule has 2 unspecified atom stereocenters. The number of aliphatic hydroxyl groups is 1. The number of aliphatic hydroxyl groups excluding tert-OH is 1. The molecule has 0 spiro atoms. The van der Waals surface area contributed by atoms with Crippen LogP contribution in [0.1, 0.15) is 64.7 Å². The lowest BCUT2D eigenvalue weighted by atomic mass is 9.97. The van der Waals surface area contributed by atoms with Crippen molar-refractivity contribution in [2.75, 3.05) is 26.2 Å². The van der Waals surface area contributed by atoms with Crippen molar-refractivity contribution in [3.8, 4) is 0 Å². The minimum atomic E-state index is 0.0169. The van der Waals surface area contributed by atoms with E-state index in [1.165, 1.54) is 51.6 Å². The van der Waals surface area contributed by atoms with Crippen molar-refractivity contribution in [2.45, 2.75) is 76.3 Å². The molecule has 19 heavy (non-hydrogen) atoms. The maximum absolute atomic E-state index is 9.78. The van der Waals surface area contributed by atoms with E-state index in [4.69, 9.17) is 0 Å². The molecule has 0 aromatic rings. The van der Waals surface area contributed by atoms with Crippen LogP contribution in [0.3, 0.4) is 0 Å². The summed E-state index contributed by atoms with van der Waals surface area (Å²) in [6, 6.07) is 0.703. The Kier molecular flexibility index (Phi) is 6.11. The number of hydrogen-bond donors (Lipinski definition) is 2. The average molecular weight is 268 g/mol. The van der Waals surface area contributed by atoms with E-state index in [9.17, 15) is 5.11 Å². The fourth-order valence-corrected chi connectivity index (χ4v) is 3.80. The summed E-state index contributed by atoms with van der Waals surface area (Å²) in [4.78, 5) is 2.71. The van der Waals surface area contributed by atoms with Crippen molar-refractivity contribution >= 4 is 0 Å². The molecule has 1 aliphatic carbocycles. The number of likely N-dealkylation sites (tertiary alicyclic amines) is 1. The lowest BCUT2D eigenvalue weighted by molar-refractivity contribution is 0.137. The van der Waals surface area contributed by atoms with Crippen LogP contribution in [0.25, 0.3) is 0 Å². The van der Waals surface area contributed by atoms with Gasteiger partial charge in [-0.05, 0) is 58.2 Å². The average Bonchev–Trinajstić information content (AvgIpc) is 2.81. The summed E-state index contributed by atoms with van der Waals surface area (Å²) in [5.41, 5.74) is 0.0169. The highest BCUT2D eigenvalue weighted by Gasteiger charge is 2.40. The SMILES string of the molecule is CCCNC1(CO)CCC(N2CCCCCCC2)C1. The standard InChI is InChI=1S/C16H32N2O/c1-2-10-17-16(14-19)9-8-15(13-16)18-11-6-4-3-5-7-12-18/h15,17,19H,2-14H2,1H3. The van der Waals surface area contributed by atoms with E-state index >= 15 is 0 Å².